The van der Waals surface area contributed by atoms with Crippen LogP contribution in [0.2, 0.25) is 0 Å². The third kappa shape index (κ3) is 1.99. The minimum Gasteiger partial charge on any atom is -0.391 e. The largest absolute Gasteiger partial charge is 0.391 e. The van der Waals surface area contributed by atoms with E-state index in [0.717, 1.165) is 9.35 Å². The predicted octanol–water partition coefficient (Wildman–Crippen LogP) is 1.60. The summed E-state index contributed by atoms with van der Waals surface area (Å²) >= 11 is 5.03. The molecule has 1 saturated heterocycles. The standard InChI is InChI=1S/C9H10BrNO2S/c10-9-6(1-2-14-9)4-11-5-7(12)3-8(11)13/h1-2,7,12H,3-5H2. The summed E-state index contributed by atoms with van der Waals surface area (Å²) in [4.78, 5) is 13.1. The average molecular weight is 276 g/mol. The van der Waals surface area contributed by atoms with E-state index in [1.54, 1.807) is 16.2 Å². The summed E-state index contributed by atoms with van der Waals surface area (Å²) in [5.41, 5.74) is 1.11. The molecule has 0 radical (unpaired) electrons. The molecule has 3 nitrogen and oxygen atoms in total. The van der Waals surface area contributed by atoms with Gasteiger partial charge < -0.3 is 10.0 Å². The molecule has 76 valence electrons. The van der Waals surface area contributed by atoms with Crippen LogP contribution in [0.25, 0.3) is 0 Å². The Morgan fingerprint density at radius 2 is 2.50 bits per heavy atom. The topological polar surface area (TPSA) is 40.5 Å². The smallest absolute Gasteiger partial charge is 0.225 e. The van der Waals surface area contributed by atoms with Crippen molar-refractivity contribution in [3.05, 3.63) is 20.8 Å². The normalized spacial score (nSPS) is 22.0. The molecule has 2 rings (SSSR count). The lowest BCUT2D eigenvalue weighted by molar-refractivity contribution is -0.128. The summed E-state index contributed by atoms with van der Waals surface area (Å²) in [7, 11) is 0. The number of hydrogen-bond acceptors (Lipinski definition) is 3. The fraction of sp³-hybridized carbons (Fsp3) is 0.444. The van der Waals surface area contributed by atoms with Crippen LogP contribution in [0.1, 0.15) is 12.0 Å². The number of carbonyl (C=O) groups is 1. The second-order valence-electron chi connectivity index (χ2n) is 3.35. The van der Waals surface area contributed by atoms with Crippen LogP contribution in [0.3, 0.4) is 0 Å². The number of aliphatic hydroxyl groups excluding tert-OH is 1. The summed E-state index contributed by atoms with van der Waals surface area (Å²) in [5, 5.41) is 11.3. The van der Waals surface area contributed by atoms with Crippen LogP contribution in [0.15, 0.2) is 15.2 Å². The Balaban J connectivity index is 2.05. The van der Waals surface area contributed by atoms with E-state index in [4.69, 9.17) is 0 Å². The number of rotatable bonds is 2. The number of likely N-dealkylation sites (tertiary alicyclic amines) is 1. The van der Waals surface area contributed by atoms with Crippen molar-refractivity contribution in [2.45, 2.75) is 19.1 Å². The molecule has 1 aliphatic rings. The van der Waals surface area contributed by atoms with E-state index in [2.05, 4.69) is 15.9 Å². The van der Waals surface area contributed by atoms with Gasteiger partial charge in [0, 0.05) is 13.1 Å². The fourth-order valence-corrected chi connectivity index (χ4v) is 2.76. The molecule has 1 aromatic heterocycles. The lowest BCUT2D eigenvalue weighted by Crippen LogP contribution is -2.25. The molecule has 0 spiro atoms. The van der Waals surface area contributed by atoms with Gasteiger partial charge in [-0.05, 0) is 32.9 Å². The van der Waals surface area contributed by atoms with Crippen molar-refractivity contribution in [1.29, 1.82) is 0 Å². The fourth-order valence-electron chi connectivity index (χ4n) is 1.54. The van der Waals surface area contributed by atoms with Crippen molar-refractivity contribution in [1.82, 2.24) is 4.90 Å². The first-order chi connectivity index (χ1) is 6.66. The summed E-state index contributed by atoms with van der Waals surface area (Å²) < 4.78 is 1.06. The van der Waals surface area contributed by atoms with Crippen LogP contribution in [-0.2, 0) is 11.3 Å². The van der Waals surface area contributed by atoms with Crippen molar-refractivity contribution in [3.8, 4) is 0 Å². The Bertz CT molecular complexity index is 352. The Kier molecular flexibility index (Phi) is 2.90. The minimum absolute atomic E-state index is 0.0376. The number of amides is 1. The maximum absolute atomic E-state index is 11.4. The first kappa shape index (κ1) is 10.1. The highest BCUT2D eigenvalue weighted by molar-refractivity contribution is 9.11. The molecule has 0 bridgehead atoms. The molecule has 0 aromatic carbocycles. The highest BCUT2D eigenvalue weighted by atomic mass is 79.9. The van der Waals surface area contributed by atoms with Gasteiger partial charge in [-0.15, -0.1) is 11.3 Å². The van der Waals surface area contributed by atoms with Gasteiger partial charge in [-0.1, -0.05) is 0 Å². The maximum atomic E-state index is 11.4. The number of β-amino-alcohol motifs (C(OH)–C–C–N with tert-alkyl or cyclic N) is 1. The number of carbonyl (C=O) groups excluding carboxylic acids is 1. The Morgan fingerprint density at radius 1 is 1.71 bits per heavy atom. The van der Waals surface area contributed by atoms with E-state index in [1.807, 2.05) is 11.4 Å². The quantitative estimate of drug-likeness (QED) is 0.891. The molecule has 1 aromatic rings. The Labute approximate surface area is 94.5 Å². The van der Waals surface area contributed by atoms with Gasteiger partial charge in [0.25, 0.3) is 0 Å². The monoisotopic (exact) mass is 275 g/mol. The first-order valence-electron chi connectivity index (χ1n) is 4.34. The molecule has 1 N–H and O–H groups in total. The van der Waals surface area contributed by atoms with Crippen molar-refractivity contribution in [2.24, 2.45) is 0 Å². The summed E-state index contributed by atoms with van der Waals surface area (Å²) in [6.07, 6.45) is -0.221. The molecule has 0 aliphatic carbocycles. The maximum Gasteiger partial charge on any atom is 0.225 e. The van der Waals surface area contributed by atoms with Gasteiger partial charge in [0.2, 0.25) is 5.91 Å². The highest BCUT2D eigenvalue weighted by Gasteiger charge is 2.28. The molecule has 14 heavy (non-hydrogen) atoms. The summed E-state index contributed by atoms with van der Waals surface area (Å²) in [5.74, 6) is 0.0376. The van der Waals surface area contributed by atoms with Crippen LogP contribution >= 0.6 is 27.3 Å². The van der Waals surface area contributed by atoms with E-state index < -0.39 is 6.10 Å². The molecule has 1 atom stereocenters. The second-order valence-corrected chi connectivity index (χ2v) is 5.59. The van der Waals surface area contributed by atoms with Crippen molar-refractivity contribution in [3.63, 3.8) is 0 Å². The lowest BCUT2D eigenvalue weighted by atomic mass is 10.3. The molecular formula is C9H10BrNO2S. The van der Waals surface area contributed by atoms with Crippen LogP contribution < -0.4 is 0 Å². The number of halogens is 1. The van der Waals surface area contributed by atoms with E-state index in [-0.39, 0.29) is 12.3 Å². The zero-order valence-corrected chi connectivity index (χ0v) is 9.84. The average Bonchev–Trinajstić information content (AvgIpc) is 2.62. The molecule has 1 fully saturated rings. The molecule has 1 amide bonds. The van der Waals surface area contributed by atoms with Gasteiger partial charge in [-0.25, -0.2) is 0 Å². The number of hydrogen-bond donors (Lipinski definition) is 1. The zero-order chi connectivity index (χ0) is 10.1. The van der Waals surface area contributed by atoms with Gasteiger partial charge in [0.05, 0.1) is 16.3 Å². The van der Waals surface area contributed by atoms with Gasteiger partial charge in [-0.3, -0.25) is 4.79 Å². The highest BCUT2D eigenvalue weighted by Crippen LogP contribution is 2.26. The number of nitrogens with zero attached hydrogens (tertiary/aromatic N) is 1. The van der Waals surface area contributed by atoms with Gasteiger partial charge in [-0.2, -0.15) is 0 Å². The van der Waals surface area contributed by atoms with Gasteiger partial charge in [0.15, 0.2) is 0 Å². The van der Waals surface area contributed by atoms with E-state index in [9.17, 15) is 9.90 Å². The lowest BCUT2D eigenvalue weighted by Gasteiger charge is -2.14. The SMILES string of the molecule is O=C1CC(O)CN1Cc1ccsc1Br. The third-order valence-corrected chi connectivity index (χ3v) is 4.06. The van der Waals surface area contributed by atoms with Crippen molar-refractivity contribution >= 4 is 33.2 Å². The number of aliphatic hydroxyl groups is 1. The minimum atomic E-state index is -0.486. The second kappa shape index (κ2) is 4.00. The summed E-state index contributed by atoms with van der Waals surface area (Å²) in [6.45, 7) is 1.06. The molecule has 0 saturated carbocycles. The predicted molar refractivity (Wildman–Crippen MR) is 58.1 cm³/mol. The van der Waals surface area contributed by atoms with Gasteiger partial charge in [0.1, 0.15) is 0 Å². The van der Waals surface area contributed by atoms with Crippen molar-refractivity contribution < 1.29 is 9.90 Å². The van der Waals surface area contributed by atoms with Crippen LogP contribution in [0.5, 0.6) is 0 Å². The van der Waals surface area contributed by atoms with Crippen molar-refractivity contribution in [2.75, 3.05) is 6.54 Å². The van der Waals surface area contributed by atoms with Gasteiger partial charge >= 0.3 is 0 Å². The van der Waals surface area contributed by atoms with E-state index >= 15 is 0 Å². The molecule has 1 aliphatic heterocycles. The summed E-state index contributed by atoms with van der Waals surface area (Å²) in [6, 6.07) is 1.99. The molecular weight excluding hydrogens is 266 g/mol. The van der Waals surface area contributed by atoms with Crippen LogP contribution in [-0.4, -0.2) is 28.6 Å². The zero-order valence-electron chi connectivity index (χ0n) is 7.44. The number of thiophene rings is 1. The van der Waals surface area contributed by atoms with Crippen LogP contribution in [0, 0.1) is 0 Å². The van der Waals surface area contributed by atoms with Crippen LogP contribution in [0.4, 0.5) is 0 Å². The first-order valence-corrected chi connectivity index (χ1v) is 6.02. The molecule has 2 heterocycles. The Morgan fingerprint density at radius 3 is 3.00 bits per heavy atom. The van der Waals surface area contributed by atoms with E-state index in [0.29, 0.717) is 13.1 Å². The Hall–Kier alpha value is -0.390. The molecule has 5 heteroatoms. The third-order valence-electron chi connectivity index (χ3n) is 2.25. The van der Waals surface area contributed by atoms with E-state index in [1.165, 1.54) is 0 Å². The molecule has 1 unspecified atom stereocenters.